The zero-order valence-corrected chi connectivity index (χ0v) is 18.3. The summed E-state index contributed by atoms with van der Waals surface area (Å²) < 4.78 is 5.75. The van der Waals surface area contributed by atoms with Crippen molar-refractivity contribution in [2.24, 2.45) is 0 Å². The van der Waals surface area contributed by atoms with Crippen LogP contribution >= 0.6 is 0 Å². The fourth-order valence-corrected chi connectivity index (χ4v) is 3.77. The second-order valence-electron chi connectivity index (χ2n) is 7.99. The van der Waals surface area contributed by atoms with Gasteiger partial charge >= 0.3 is 0 Å². The lowest BCUT2D eigenvalue weighted by molar-refractivity contribution is -0.120. The molecule has 1 N–H and O–H groups in total. The van der Waals surface area contributed by atoms with Crippen LogP contribution in [0.1, 0.15) is 16.2 Å². The van der Waals surface area contributed by atoms with Crippen LogP contribution in [0.2, 0.25) is 0 Å². The van der Waals surface area contributed by atoms with Crippen molar-refractivity contribution < 1.29 is 14.3 Å². The Balaban J connectivity index is 1.51. The summed E-state index contributed by atoms with van der Waals surface area (Å²) in [6, 6.07) is 3.96. The first-order valence-electron chi connectivity index (χ1n) is 10.4. The zero-order valence-electron chi connectivity index (χ0n) is 18.3. The quantitative estimate of drug-likeness (QED) is 0.725. The maximum absolute atomic E-state index is 12.9. The highest BCUT2D eigenvalue weighted by atomic mass is 16.5. The van der Waals surface area contributed by atoms with Gasteiger partial charge < -0.3 is 24.8 Å². The van der Waals surface area contributed by atoms with E-state index in [2.05, 4.69) is 37.0 Å². The van der Waals surface area contributed by atoms with Crippen molar-refractivity contribution in [3.63, 3.8) is 0 Å². The fraction of sp³-hybridized carbons (Fsp3) is 0.409. The van der Waals surface area contributed by atoms with Gasteiger partial charge in [-0.3, -0.25) is 9.59 Å². The molecule has 10 heteroatoms. The number of hydrogen-bond donors (Lipinski definition) is 1. The maximum atomic E-state index is 12.9. The summed E-state index contributed by atoms with van der Waals surface area (Å²) in [6.45, 7) is 12.5. The molecular weight excluding hydrogens is 410 g/mol. The standard InChI is InChI=1S/C22H25N7O3/c1-14-12-24-19(26-20(14)29-9-7-27(3)8-10-29)21(30)25-16-13-32-18-11-15(23-2)5-6-17(18)28(4)22(16)31/h5-6,11-12,16H,7-10,13H2,1,3-4H3,(H,25,30)/t16-/m0/s1. The first-order chi connectivity index (χ1) is 15.4. The number of benzene rings is 1. The molecule has 0 aliphatic carbocycles. The molecule has 0 radical (unpaired) electrons. The first kappa shape index (κ1) is 21.5. The van der Waals surface area contributed by atoms with E-state index in [-0.39, 0.29) is 18.3 Å². The van der Waals surface area contributed by atoms with Gasteiger partial charge in [-0.05, 0) is 26.1 Å². The largest absolute Gasteiger partial charge is 0.490 e. The molecule has 0 unspecified atom stereocenters. The zero-order chi connectivity index (χ0) is 22.8. The number of amides is 2. The Bertz CT molecular complexity index is 1090. The number of piperazine rings is 1. The third-order valence-corrected chi connectivity index (χ3v) is 5.72. The van der Waals surface area contributed by atoms with Gasteiger partial charge in [0.15, 0.2) is 5.69 Å². The number of fused-ring (bicyclic) bond motifs is 1. The minimum absolute atomic E-state index is 0.0111. The third-order valence-electron chi connectivity index (χ3n) is 5.72. The van der Waals surface area contributed by atoms with Crippen molar-refractivity contribution in [2.45, 2.75) is 13.0 Å². The number of rotatable bonds is 3. The van der Waals surface area contributed by atoms with Gasteiger partial charge in [0.25, 0.3) is 11.8 Å². The summed E-state index contributed by atoms with van der Waals surface area (Å²) >= 11 is 0. The van der Waals surface area contributed by atoms with Crippen molar-refractivity contribution in [3.05, 3.63) is 47.2 Å². The van der Waals surface area contributed by atoms with Gasteiger partial charge in [0.05, 0.1) is 12.3 Å². The summed E-state index contributed by atoms with van der Waals surface area (Å²) in [5.41, 5.74) is 1.85. The van der Waals surface area contributed by atoms with Crippen molar-refractivity contribution in [3.8, 4) is 5.75 Å². The number of carbonyl (C=O) groups is 2. The number of aromatic nitrogens is 2. The van der Waals surface area contributed by atoms with Crippen molar-refractivity contribution in [1.82, 2.24) is 20.2 Å². The fourth-order valence-electron chi connectivity index (χ4n) is 3.77. The second kappa shape index (κ2) is 8.80. The summed E-state index contributed by atoms with van der Waals surface area (Å²) in [4.78, 5) is 43.8. The topological polar surface area (TPSA) is 95.3 Å². The van der Waals surface area contributed by atoms with Crippen LogP contribution in [0.4, 0.5) is 17.2 Å². The number of ether oxygens (including phenoxy) is 1. The van der Waals surface area contributed by atoms with Crippen LogP contribution in [0.25, 0.3) is 4.85 Å². The third kappa shape index (κ3) is 4.20. The number of anilines is 2. The van der Waals surface area contributed by atoms with Crippen LogP contribution in [-0.2, 0) is 4.79 Å². The van der Waals surface area contributed by atoms with E-state index < -0.39 is 11.9 Å². The lowest BCUT2D eigenvalue weighted by Gasteiger charge is -2.34. The molecule has 2 aromatic rings. The Hall–Kier alpha value is -3.71. The number of carbonyl (C=O) groups excluding carboxylic acids is 2. The molecule has 1 fully saturated rings. The normalized spacial score (nSPS) is 18.9. The minimum Gasteiger partial charge on any atom is -0.490 e. The summed E-state index contributed by atoms with van der Waals surface area (Å²) in [6.07, 6.45) is 1.63. The van der Waals surface area contributed by atoms with Crippen LogP contribution in [-0.4, -0.2) is 79.6 Å². The molecule has 1 saturated heterocycles. The van der Waals surface area contributed by atoms with Gasteiger partial charge in [0.1, 0.15) is 24.2 Å². The maximum Gasteiger partial charge on any atom is 0.289 e. The summed E-state index contributed by atoms with van der Waals surface area (Å²) in [7, 11) is 3.69. The molecule has 1 aromatic heterocycles. The van der Waals surface area contributed by atoms with Crippen LogP contribution in [0.3, 0.4) is 0 Å². The van der Waals surface area contributed by atoms with E-state index in [1.54, 1.807) is 31.4 Å². The summed E-state index contributed by atoms with van der Waals surface area (Å²) in [5, 5.41) is 2.71. The van der Waals surface area contributed by atoms with Gasteiger partial charge in [0.2, 0.25) is 5.82 Å². The average Bonchev–Trinajstić information content (AvgIpc) is 2.91. The molecule has 10 nitrogen and oxygen atoms in total. The van der Waals surface area contributed by atoms with Crippen LogP contribution < -0.4 is 19.9 Å². The summed E-state index contributed by atoms with van der Waals surface area (Å²) in [5.74, 6) is 0.313. The molecule has 4 rings (SSSR count). The van der Waals surface area contributed by atoms with Crippen LogP contribution in [0.5, 0.6) is 5.75 Å². The monoisotopic (exact) mass is 435 g/mol. The number of aryl methyl sites for hydroxylation is 1. The van der Waals surface area contributed by atoms with Gasteiger partial charge in [-0.15, -0.1) is 0 Å². The molecule has 1 atom stereocenters. The van der Waals surface area contributed by atoms with E-state index >= 15 is 0 Å². The number of nitrogens with one attached hydrogen (secondary N) is 1. The Morgan fingerprint density at radius 2 is 2.00 bits per heavy atom. The van der Waals surface area contributed by atoms with Gasteiger partial charge in [-0.2, -0.15) is 0 Å². The molecule has 166 valence electrons. The molecule has 2 amide bonds. The minimum atomic E-state index is -0.909. The molecular formula is C22H25N7O3. The highest BCUT2D eigenvalue weighted by molar-refractivity contribution is 6.02. The van der Waals surface area contributed by atoms with Crippen LogP contribution in [0.15, 0.2) is 24.4 Å². The van der Waals surface area contributed by atoms with Gasteiger partial charge in [0, 0.05) is 45.0 Å². The van der Waals surface area contributed by atoms with E-state index in [0.717, 1.165) is 37.6 Å². The average molecular weight is 435 g/mol. The van der Waals surface area contributed by atoms with E-state index in [1.165, 1.54) is 4.90 Å². The van der Waals surface area contributed by atoms with Crippen LogP contribution in [0, 0.1) is 13.5 Å². The Morgan fingerprint density at radius 1 is 1.25 bits per heavy atom. The number of likely N-dealkylation sites (N-methyl/N-ethyl adjacent to an activating group) is 2. The van der Waals surface area contributed by atoms with Crippen molar-refractivity contribution >= 4 is 29.0 Å². The first-order valence-corrected chi connectivity index (χ1v) is 10.4. The molecule has 0 saturated carbocycles. The molecule has 2 aliphatic heterocycles. The second-order valence-corrected chi connectivity index (χ2v) is 7.99. The highest BCUT2D eigenvalue weighted by Gasteiger charge is 2.31. The molecule has 3 heterocycles. The SMILES string of the molecule is [C-]#[N+]c1ccc2c(c1)OC[C@H](NC(=O)c1ncc(C)c(N3CCN(C)CC3)n1)C(=O)N2C. The molecule has 1 aromatic carbocycles. The predicted molar refractivity (Wildman–Crippen MR) is 119 cm³/mol. The van der Waals surface area contributed by atoms with Gasteiger partial charge in [-0.25, -0.2) is 14.8 Å². The van der Waals surface area contributed by atoms with E-state index in [9.17, 15) is 9.59 Å². The highest BCUT2D eigenvalue weighted by Crippen LogP contribution is 2.34. The Morgan fingerprint density at radius 3 is 2.72 bits per heavy atom. The molecule has 2 aliphatic rings. The number of hydrogen-bond acceptors (Lipinski definition) is 7. The van der Waals surface area contributed by atoms with E-state index in [4.69, 9.17) is 11.3 Å². The predicted octanol–water partition coefficient (Wildman–Crippen LogP) is 1.24. The number of nitrogens with zero attached hydrogens (tertiary/aromatic N) is 6. The Kier molecular flexibility index (Phi) is 5.92. The molecule has 0 spiro atoms. The van der Waals surface area contributed by atoms with Crippen molar-refractivity contribution in [2.75, 3.05) is 56.7 Å². The lowest BCUT2D eigenvalue weighted by Crippen LogP contribution is -2.49. The molecule has 32 heavy (non-hydrogen) atoms. The van der Waals surface area contributed by atoms with Gasteiger partial charge in [-0.1, -0.05) is 6.07 Å². The van der Waals surface area contributed by atoms with Crippen molar-refractivity contribution in [1.29, 1.82) is 0 Å². The lowest BCUT2D eigenvalue weighted by atomic mass is 10.2. The van der Waals surface area contributed by atoms with E-state index in [0.29, 0.717) is 17.1 Å². The smallest absolute Gasteiger partial charge is 0.289 e. The Labute approximate surface area is 186 Å². The van der Waals surface area contributed by atoms with E-state index in [1.807, 2.05) is 6.92 Å². The molecule has 0 bridgehead atoms.